The summed E-state index contributed by atoms with van der Waals surface area (Å²) in [5, 5.41) is 9.61. The average Bonchev–Trinajstić information content (AvgIpc) is 2.82. The fourth-order valence-corrected chi connectivity index (χ4v) is 2.58. The van der Waals surface area contributed by atoms with E-state index in [9.17, 15) is 0 Å². The van der Waals surface area contributed by atoms with Crippen LogP contribution in [0.2, 0.25) is 0 Å². The summed E-state index contributed by atoms with van der Waals surface area (Å²) in [7, 11) is 0. The van der Waals surface area contributed by atoms with Gasteiger partial charge in [-0.05, 0) is 36.9 Å². The van der Waals surface area contributed by atoms with Crippen LogP contribution in [-0.2, 0) is 6.54 Å². The molecule has 0 bridgehead atoms. The van der Waals surface area contributed by atoms with Gasteiger partial charge in [0.25, 0.3) is 0 Å². The summed E-state index contributed by atoms with van der Waals surface area (Å²) in [6, 6.07) is 7.64. The van der Waals surface area contributed by atoms with E-state index in [-0.39, 0.29) is 0 Å². The van der Waals surface area contributed by atoms with E-state index in [1.54, 1.807) is 0 Å². The van der Waals surface area contributed by atoms with Crippen molar-refractivity contribution in [2.75, 3.05) is 0 Å². The van der Waals surface area contributed by atoms with Crippen molar-refractivity contribution in [1.82, 2.24) is 24.6 Å². The van der Waals surface area contributed by atoms with Gasteiger partial charge in [-0.1, -0.05) is 6.07 Å². The lowest BCUT2D eigenvalue weighted by Gasteiger charge is -2.03. The molecule has 0 atom stereocenters. The van der Waals surface area contributed by atoms with E-state index in [2.05, 4.69) is 20.2 Å². The highest BCUT2D eigenvalue weighted by molar-refractivity contribution is 7.99. The van der Waals surface area contributed by atoms with Crippen LogP contribution in [0.4, 0.5) is 0 Å². The molecule has 0 amide bonds. The van der Waals surface area contributed by atoms with Crippen molar-refractivity contribution in [3.05, 3.63) is 41.9 Å². The van der Waals surface area contributed by atoms with Crippen LogP contribution in [0.5, 0.6) is 0 Å². The standard InChI is InChI=1S/C12H12N6S/c1-8-6-9(7-13)15-11(14-8)19-12-17-16-10-4-2-3-5-18(10)12/h2-6H,7,13H2,1H3. The van der Waals surface area contributed by atoms with Crippen molar-refractivity contribution in [3.8, 4) is 0 Å². The van der Waals surface area contributed by atoms with E-state index in [0.717, 1.165) is 22.2 Å². The van der Waals surface area contributed by atoms with Gasteiger partial charge < -0.3 is 5.73 Å². The fourth-order valence-electron chi connectivity index (χ4n) is 1.73. The number of hydrogen-bond acceptors (Lipinski definition) is 6. The second-order valence-corrected chi connectivity index (χ2v) is 4.94. The maximum atomic E-state index is 5.62. The van der Waals surface area contributed by atoms with E-state index < -0.39 is 0 Å². The molecular weight excluding hydrogens is 260 g/mol. The Morgan fingerprint density at radius 2 is 2.16 bits per heavy atom. The van der Waals surface area contributed by atoms with Gasteiger partial charge in [0.1, 0.15) is 0 Å². The quantitative estimate of drug-likeness (QED) is 0.726. The third-order valence-electron chi connectivity index (χ3n) is 2.56. The molecule has 3 aromatic rings. The number of nitrogens with zero attached hydrogens (tertiary/aromatic N) is 5. The van der Waals surface area contributed by atoms with E-state index in [4.69, 9.17) is 5.73 Å². The van der Waals surface area contributed by atoms with E-state index in [1.165, 1.54) is 11.8 Å². The summed E-state index contributed by atoms with van der Waals surface area (Å²) < 4.78 is 1.90. The molecule has 96 valence electrons. The van der Waals surface area contributed by atoms with Crippen LogP contribution in [-0.4, -0.2) is 24.6 Å². The first-order valence-corrected chi connectivity index (χ1v) is 6.60. The molecule has 2 N–H and O–H groups in total. The van der Waals surface area contributed by atoms with Gasteiger partial charge in [0.15, 0.2) is 10.8 Å². The number of hydrogen-bond donors (Lipinski definition) is 1. The van der Waals surface area contributed by atoms with Crippen molar-refractivity contribution < 1.29 is 0 Å². The minimum atomic E-state index is 0.400. The van der Waals surface area contributed by atoms with Crippen LogP contribution in [0.25, 0.3) is 5.65 Å². The summed E-state index contributed by atoms with van der Waals surface area (Å²) in [6.07, 6.45) is 1.91. The highest BCUT2D eigenvalue weighted by Gasteiger charge is 2.09. The summed E-state index contributed by atoms with van der Waals surface area (Å²) >= 11 is 1.38. The third kappa shape index (κ3) is 2.42. The lowest BCUT2D eigenvalue weighted by molar-refractivity contribution is 0.842. The molecule has 6 nitrogen and oxygen atoms in total. The molecule has 0 aliphatic carbocycles. The first-order valence-electron chi connectivity index (χ1n) is 5.78. The zero-order chi connectivity index (χ0) is 13.2. The summed E-state index contributed by atoms with van der Waals surface area (Å²) in [5.41, 5.74) is 8.14. The number of aryl methyl sites for hydroxylation is 1. The number of rotatable bonds is 3. The van der Waals surface area contributed by atoms with E-state index >= 15 is 0 Å². The lowest BCUT2D eigenvalue weighted by Crippen LogP contribution is -2.03. The zero-order valence-electron chi connectivity index (χ0n) is 10.3. The van der Waals surface area contributed by atoms with Crippen LogP contribution < -0.4 is 5.73 Å². The second kappa shape index (κ2) is 4.94. The van der Waals surface area contributed by atoms with Gasteiger partial charge >= 0.3 is 0 Å². The highest BCUT2D eigenvalue weighted by atomic mass is 32.2. The van der Waals surface area contributed by atoms with Gasteiger partial charge in [-0.2, -0.15) is 0 Å². The van der Waals surface area contributed by atoms with Gasteiger partial charge in [0.05, 0.1) is 5.69 Å². The van der Waals surface area contributed by atoms with E-state index in [0.29, 0.717) is 11.7 Å². The minimum absolute atomic E-state index is 0.400. The Kier molecular flexibility index (Phi) is 3.14. The van der Waals surface area contributed by atoms with Crippen molar-refractivity contribution in [2.45, 2.75) is 23.8 Å². The first kappa shape index (κ1) is 12.1. The third-order valence-corrected chi connectivity index (χ3v) is 3.39. The molecule has 19 heavy (non-hydrogen) atoms. The monoisotopic (exact) mass is 272 g/mol. The van der Waals surface area contributed by atoms with Gasteiger partial charge in [-0.15, -0.1) is 10.2 Å². The van der Waals surface area contributed by atoms with E-state index in [1.807, 2.05) is 41.8 Å². The molecular formula is C12H12N6S. The Bertz CT molecular complexity index is 723. The molecule has 3 aromatic heterocycles. The average molecular weight is 272 g/mol. The van der Waals surface area contributed by atoms with Crippen molar-refractivity contribution >= 4 is 17.4 Å². The van der Waals surface area contributed by atoms with Crippen LogP contribution in [0.15, 0.2) is 40.8 Å². The Morgan fingerprint density at radius 1 is 1.26 bits per heavy atom. The van der Waals surface area contributed by atoms with Crippen molar-refractivity contribution in [1.29, 1.82) is 0 Å². The van der Waals surface area contributed by atoms with Crippen LogP contribution in [0.3, 0.4) is 0 Å². The number of nitrogens with two attached hydrogens (primary N) is 1. The van der Waals surface area contributed by atoms with Crippen LogP contribution in [0, 0.1) is 6.92 Å². The summed E-state index contributed by atoms with van der Waals surface area (Å²) in [5.74, 6) is 0. The highest BCUT2D eigenvalue weighted by Crippen LogP contribution is 2.23. The molecule has 3 heterocycles. The maximum absolute atomic E-state index is 5.62. The maximum Gasteiger partial charge on any atom is 0.203 e. The molecule has 0 fully saturated rings. The van der Waals surface area contributed by atoms with Gasteiger partial charge in [0.2, 0.25) is 5.16 Å². The molecule has 0 aliphatic rings. The lowest BCUT2D eigenvalue weighted by atomic mass is 10.3. The topological polar surface area (TPSA) is 82.0 Å². The molecule has 0 aliphatic heterocycles. The molecule has 7 heteroatoms. The first-order chi connectivity index (χ1) is 9.26. The number of fused-ring (bicyclic) bond motifs is 1. The number of aromatic nitrogens is 5. The molecule has 3 rings (SSSR count). The Hall–Kier alpha value is -1.99. The van der Waals surface area contributed by atoms with Crippen molar-refractivity contribution in [3.63, 3.8) is 0 Å². The predicted molar refractivity (Wildman–Crippen MR) is 71.8 cm³/mol. The van der Waals surface area contributed by atoms with Crippen LogP contribution in [0.1, 0.15) is 11.4 Å². The zero-order valence-corrected chi connectivity index (χ0v) is 11.1. The normalized spacial score (nSPS) is 11.1. The molecule has 0 saturated carbocycles. The predicted octanol–water partition coefficient (Wildman–Crippen LogP) is 1.44. The summed E-state index contributed by atoms with van der Waals surface area (Å²) in [6.45, 7) is 2.32. The Labute approximate surface area is 114 Å². The van der Waals surface area contributed by atoms with Gasteiger partial charge in [0, 0.05) is 18.4 Å². The Balaban J connectivity index is 1.99. The fraction of sp³-hybridized carbons (Fsp3) is 0.167. The molecule has 0 aromatic carbocycles. The van der Waals surface area contributed by atoms with Gasteiger partial charge in [-0.3, -0.25) is 4.40 Å². The summed E-state index contributed by atoms with van der Waals surface area (Å²) in [4.78, 5) is 8.76. The van der Waals surface area contributed by atoms with Crippen LogP contribution >= 0.6 is 11.8 Å². The number of pyridine rings is 1. The molecule has 0 spiro atoms. The molecule has 0 radical (unpaired) electrons. The molecule has 0 saturated heterocycles. The minimum Gasteiger partial charge on any atom is -0.325 e. The SMILES string of the molecule is Cc1cc(CN)nc(Sc2nnc3ccccn23)n1. The molecule has 0 unspecified atom stereocenters. The smallest absolute Gasteiger partial charge is 0.203 e. The second-order valence-electron chi connectivity index (χ2n) is 4.00. The van der Waals surface area contributed by atoms with Crippen molar-refractivity contribution in [2.24, 2.45) is 5.73 Å². The Morgan fingerprint density at radius 3 is 3.00 bits per heavy atom. The largest absolute Gasteiger partial charge is 0.325 e. The van der Waals surface area contributed by atoms with Gasteiger partial charge in [-0.25, -0.2) is 9.97 Å².